The van der Waals surface area contributed by atoms with E-state index in [2.05, 4.69) is 6.92 Å². The highest BCUT2D eigenvalue weighted by Crippen LogP contribution is 2.31. The minimum absolute atomic E-state index is 0.786. The fraction of sp³-hybridized carbons (Fsp3) is 1.00. The molecule has 2 nitrogen and oxygen atoms in total. The highest BCUT2D eigenvalue weighted by Gasteiger charge is 2.21. The molecule has 15 heavy (non-hydrogen) atoms. The Labute approximate surface area is 94.6 Å². The van der Waals surface area contributed by atoms with Gasteiger partial charge >= 0.3 is 0 Å². The van der Waals surface area contributed by atoms with Crippen LogP contribution in [0.2, 0.25) is 0 Å². The Morgan fingerprint density at radius 3 is 2.53 bits per heavy atom. The van der Waals surface area contributed by atoms with E-state index in [1.165, 1.54) is 44.9 Å². The molecule has 1 saturated carbocycles. The molecule has 2 heteroatoms. The van der Waals surface area contributed by atoms with E-state index >= 15 is 0 Å². The van der Waals surface area contributed by atoms with Gasteiger partial charge in [0, 0.05) is 13.2 Å². The number of hydrogen-bond acceptors (Lipinski definition) is 2. The minimum atomic E-state index is 0.786. The lowest BCUT2D eigenvalue weighted by Gasteiger charge is -2.23. The summed E-state index contributed by atoms with van der Waals surface area (Å²) in [5.41, 5.74) is 5.86. The maximum atomic E-state index is 5.86. The van der Waals surface area contributed by atoms with Crippen molar-refractivity contribution in [3.05, 3.63) is 0 Å². The molecule has 0 radical (unpaired) electrons. The van der Waals surface area contributed by atoms with Crippen LogP contribution in [-0.2, 0) is 4.74 Å². The van der Waals surface area contributed by atoms with E-state index in [0.29, 0.717) is 0 Å². The number of ether oxygens (including phenoxy) is 1. The first-order valence-electron chi connectivity index (χ1n) is 6.66. The van der Waals surface area contributed by atoms with E-state index in [0.717, 1.165) is 31.6 Å². The Kier molecular flexibility index (Phi) is 7.03. The number of nitrogens with two attached hydrogens (primary N) is 1. The van der Waals surface area contributed by atoms with Crippen molar-refractivity contribution in [1.82, 2.24) is 0 Å². The van der Waals surface area contributed by atoms with Crippen LogP contribution in [0.5, 0.6) is 0 Å². The van der Waals surface area contributed by atoms with E-state index < -0.39 is 0 Å². The third kappa shape index (κ3) is 4.98. The summed E-state index contributed by atoms with van der Waals surface area (Å²) in [4.78, 5) is 0. The zero-order valence-electron chi connectivity index (χ0n) is 10.2. The molecule has 0 aromatic rings. The summed E-state index contributed by atoms with van der Waals surface area (Å²) in [7, 11) is 0. The van der Waals surface area contributed by atoms with Crippen LogP contribution in [0.4, 0.5) is 0 Å². The van der Waals surface area contributed by atoms with Crippen molar-refractivity contribution < 1.29 is 4.74 Å². The minimum Gasteiger partial charge on any atom is -0.382 e. The van der Waals surface area contributed by atoms with Crippen LogP contribution in [0.1, 0.15) is 51.9 Å². The summed E-state index contributed by atoms with van der Waals surface area (Å²) in [6, 6.07) is 0. The molecule has 1 aliphatic rings. The second-order valence-electron chi connectivity index (χ2n) is 4.73. The number of rotatable bonds is 6. The maximum absolute atomic E-state index is 5.86. The first-order chi connectivity index (χ1) is 7.38. The van der Waals surface area contributed by atoms with Crippen molar-refractivity contribution >= 4 is 0 Å². The molecule has 0 amide bonds. The highest BCUT2D eigenvalue weighted by molar-refractivity contribution is 4.74. The first kappa shape index (κ1) is 13.0. The van der Waals surface area contributed by atoms with Gasteiger partial charge in [-0.3, -0.25) is 0 Å². The lowest BCUT2D eigenvalue weighted by atomic mass is 9.85. The monoisotopic (exact) mass is 213 g/mol. The molecule has 2 unspecified atom stereocenters. The highest BCUT2D eigenvalue weighted by atomic mass is 16.5. The lowest BCUT2D eigenvalue weighted by Crippen LogP contribution is -2.22. The van der Waals surface area contributed by atoms with Crippen LogP contribution in [0.3, 0.4) is 0 Å². The van der Waals surface area contributed by atoms with Gasteiger partial charge in [-0.1, -0.05) is 25.7 Å². The molecule has 90 valence electrons. The molecule has 0 aromatic carbocycles. The van der Waals surface area contributed by atoms with E-state index in [-0.39, 0.29) is 0 Å². The molecule has 0 saturated heterocycles. The summed E-state index contributed by atoms with van der Waals surface area (Å²) >= 11 is 0. The molecule has 2 N–H and O–H groups in total. The molecule has 0 aromatic heterocycles. The van der Waals surface area contributed by atoms with E-state index in [9.17, 15) is 0 Å². The second-order valence-corrected chi connectivity index (χ2v) is 4.73. The second kappa shape index (κ2) is 8.12. The van der Waals surface area contributed by atoms with Crippen LogP contribution >= 0.6 is 0 Å². The Morgan fingerprint density at radius 2 is 1.87 bits per heavy atom. The molecular formula is C13H27NO. The summed E-state index contributed by atoms with van der Waals surface area (Å²) in [5, 5.41) is 0. The van der Waals surface area contributed by atoms with Crippen LogP contribution in [-0.4, -0.2) is 19.8 Å². The van der Waals surface area contributed by atoms with Gasteiger partial charge in [0.15, 0.2) is 0 Å². The summed E-state index contributed by atoms with van der Waals surface area (Å²) in [6.45, 7) is 4.74. The molecule has 0 bridgehead atoms. The molecule has 2 atom stereocenters. The fourth-order valence-electron chi connectivity index (χ4n) is 2.74. The van der Waals surface area contributed by atoms with Gasteiger partial charge in [-0.2, -0.15) is 0 Å². The molecule has 0 heterocycles. The van der Waals surface area contributed by atoms with Crippen LogP contribution < -0.4 is 5.73 Å². The van der Waals surface area contributed by atoms with Gasteiger partial charge in [-0.05, 0) is 44.6 Å². The van der Waals surface area contributed by atoms with Crippen LogP contribution in [0, 0.1) is 11.8 Å². The van der Waals surface area contributed by atoms with Gasteiger partial charge < -0.3 is 10.5 Å². The van der Waals surface area contributed by atoms with Gasteiger partial charge in [0.25, 0.3) is 0 Å². The van der Waals surface area contributed by atoms with Gasteiger partial charge in [0.1, 0.15) is 0 Å². The summed E-state index contributed by atoms with van der Waals surface area (Å²) < 4.78 is 5.39. The predicted octanol–water partition coefficient (Wildman–Crippen LogP) is 2.96. The topological polar surface area (TPSA) is 35.2 Å². The third-order valence-corrected chi connectivity index (χ3v) is 3.69. The van der Waals surface area contributed by atoms with Crippen LogP contribution in [0.15, 0.2) is 0 Å². The fourth-order valence-corrected chi connectivity index (χ4v) is 2.74. The quantitative estimate of drug-likeness (QED) is 0.544. The average Bonchev–Trinajstić information content (AvgIpc) is 2.49. The van der Waals surface area contributed by atoms with Gasteiger partial charge in [0.05, 0.1) is 0 Å². The van der Waals surface area contributed by atoms with Gasteiger partial charge in [-0.15, -0.1) is 0 Å². The zero-order chi connectivity index (χ0) is 10.9. The molecule has 1 fully saturated rings. The maximum Gasteiger partial charge on any atom is 0.0465 e. The summed E-state index contributed by atoms with van der Waals surface area (Å²) in [6.07, 6.45) is 9.51. The normalized spacial score (nSPS) is 27.6. The Balaban J connectivity index is 2.22. The Bertz CT molecular complexity index is 149. The van der Waals surface area contributed by atoms with Crippen molar-refractivity contribution in [2.75, 3.05) is 19.8 Å². The van der Waals surface area contributed by atoms with E-state index in [4.69, 9.17) is 10.5 Å². The molecule has 1 rings (SSSR count). The number of hydrogen-bond donors (Lipinski definition) is 1. The van der Waals surface area contributed by atoms with E-state index in [1.807, 2.05) is 0 Å². The molecule has 0 spiro atoms. The zero-order valence-corrected chi connectivity index (χ0v) is 10.2. The largest absolute Gasteiger partial charge is 0.382 e. The van der Waals surface area contributed by atoms with Crippen molar-refractivity contribution in [3.63, 3.8) is 0 Å². The molecule has 1 aliphatic carbocycles. The molecular weight excluding hydrogens is 186 g/mol. The van der Waals surface area contributed by atoms with Crippen molar-refractivity contribution in [2.24, 2.45) is 17.6 Å². The van der Waals surface area contributed by atoms with Gasteiger partial charge in [-0.25, -0.2) is 0 Å². The Hall–Kier alpha value is -0.0800. The SMILES string of the molecule is CCOCCCC1CCCCCC1CN. The molecule has 0 aliphatic heterocycles. The van der Waals surface area contributed by atoms with Crippen molar-refractivity contribution in [1.29, 1.82) is 0 Å². The van der Waals surface area contributed by atoms with Crippen molar-refractivity contribution in [3.8, 4) is 0 Å². The van der Waals surface area contributed by atoms with Crippen LogP contribution in [0.25, 0.3) is 0 Å². The average molecular weight is 213 g/mol. The third-order valence-electron chi connectivity index (χ3n) is 3.69. The lowest BCUT2D eigenvalue weighted by molar-refractivity contribution is 0.134. The van der Waals surface area contributed by atoms with E-state index in [1.54, 1.807) is 0 Å². The van der Waals surface area contributed by atoms with Crippen molar-refractivity contribution in [2.45, 2.75) is 51.9 Å². The standard InChI is InChI=1S/C13H27NO/c1-2-15-10-6-9-12-7-4-3-5-8-13(12)11-14/h12-13H,2-11,14H2,1H3. The van der Waals surface area contributed by atoms with Gasteiger partial charge in [0.2, 0.25) is 0 Å². The Morgan fingerprint density at radius 1 is 1.13 bits per heavy atom. The predicted molar refractivity (Wildman–Crippen MR) is 64.8 cm³/mol. The first-order valence-corrected chi connectivity index (χ1v) is 6.66. The smallest absolute Gasteiger partial charge is 0.0465 e. The summed E-state index contributed by atoms with van der Waals surface area (Å²) in [5.74, 6) is 1.66.